The molecule has 0 bridgehead atoms. The number of carbonyl (C=O) groups is 1. The SMILES string of the molecule is CC(O)Cn1c(-c2ccc(C3=CCNCC3)cc2F)nnc1-c1ccc(C2=CCNCC2)cc1F.O=C(O)C(F)(F)F. The van der Waals surface area contributed by atoms with Crippen LogP contribution in [0.2, 0.25) is 0 Å². The number of alkyl halides is 3. The van der Waals surface area contributed by atoms with Gasteiger partial charge in [-0.05, 0) is 79.4 Å². The van der Waals surface area contributed by atoms with Crippen LogP contribution < -0.4 is 10.6 Å². The van der Waals surface area contributed by atoms with Crippen molar-refractivity contribution < 1.29 is 37.0 Å². The second-order valence-corrected chi connectivity index (χ2v) is 9.87. The molecule has 42 heavy (non-hydrogen) atoms. The van der Waals surface area contributed by atoms with Gasteiger partial charge in [-0.25, -0.2) is 13.6 Å². The van der Waals surface area contributed by atoms with E-state index < -0.39 is 29.9 Å². The highest BCUT2D eigenvalue weighted by Gasteiger charge is 2.38. The Kier molecular flexibility index (Phi) is 9.86. The smallest absolute Gasteiger partial charge is 0.475 e. The summed E-state index contributed by atoms with van der Waals surface area (Å²) in [6, 6.07) is 10.1. The van der Waals surface area contributed by atoms with Crippen molar-refractivity contribution >= 4 is 17.1 Å². The van der Waals surface area contributed by atoms with Crippen LogP contribution in [0.15, 0.2) is 48.6 Å². The fourth-order valence-electron chi connectivity index (χ4n) is 4.70. The van der Waals surface area contributed by atoms with Crippen molar-refractivity contribution in [2.45, 2.75) is 38.6 Å². The van der Waals surface area contributed by atoms with Gasteiger partial charge < -0.3 is 25.4 Å². The van der Waals surface area contributed by atoms with Crippen LogP contribution in [0.5, 0.6) is 0 Å². The second kappa shape index (κ2) is 13.4. The summed E-state index contributed by atoms with van der Waals surface area (Å²) in [5.41, 5.74) is 4.41. The van der Waals surface area contributed by atoms with E-state index in [1.165, 1.54) is 12.1 Å². The molecule has 2 aliphatic rings. The van der Waals surface area contributed by atoms with Crippen molar-refractivity contribution in [3.05, 3.63) is 71.3 Å². The van der Waals surface area contributed by atoms with Crippen molar-refractivity contribution in [2.24, 2.45) is 0 Å². The molecule has 1 atom stereocenters. The number of nitrogens with one attached hydrogen (secondary N) is 2. The lowest BCUT2D eigenvalue weighted by molar-refractivity contribution is -0.192. The number of benzene rings is 2. The van der Waals surface area contributed by atoms with E-state index in [4.69, 9.17) is 9.90 Å². The third kappa shape index (κ3) is 7.46. The number of hydrogen-bond acceptors (Lipinski definition) is 6. The van der Waals surface area contributed by atoms with Gasteiger partial charge in [-0.15, -0.1) is 10.2 Å². The van der Waals surface area contributed by atoms with E-state index in [1.54, 1.807) is 23.6 Å². The molecule has 4 N–H and O–H groups in total. The van der Waals surface area contributed by atoms with E-state index >= 15 is 8.78 Å². The fourth-order valence-corrected chi connectivity index (χ4v) is 4.70. The summed E-state index contributed by atoms with van der Waals surface area (Å²) in [5.74, 6) is -3.10. The molecule has 13 heteroatoms. The lowest BCUT2D eigenvalue weighted by atomic mass is 9.98. The van der Waals surface area contributed by atoms with Gasteiger partial charge in [-0.1, -0.05) is 24.3 Å². The molecule has 224 valence electrons. The van der Waals surface area contributed by atoms with E-state index in [0.717, 1.165) is 61.3 Å². The van der Waals surface area contributed by atoms with E-state index in [9.17, 15) is 18.3 Å². The highest BCUT2D eigenvalue weighted by Crippen LogP contribution is 2.32. The highest BCUT2D eigenvalue weighted by molar-refractivity contribution is 5.73. The highest BCUT2D eigenvalue weighted by atomic mass is 19.4. The van der Waals surface area contributed by atoms with E-state index in [0.29, 0.717) is 0 Å². The minimum absolute atomic E-state index is 0.105. The quantitative estimate of drug-likeness (QED) is 0.309. The largest absolute Gasteiger partial charge is 0.490 e. The Balaban J connectivity index is 0.000000517. The molecule has 0 saturated heterocycles. The number of aromatic nitrogens is 3. The summed E-state index contributed by atoms with van der Waals surface area (Å²) in [7, 11) is 0. The van der Waals surface area contributed by atoms with Crippen LogP contribution in [-0.2, 0) is 11.3 Å². The average Bonchev–Trinajstić information content (AvgIpc) is 3.35. The van der Waals surface area contributed by atoms with E-state index in [-0.39, 0.29) is 29.3 Å². The van der Waals surface area contributed by atoms with Crippen LogP contribution in [0.1, 0.15) is 30.9 Å². The molecule has 1 aromatic heterocycles. The summed E-state index contributed by atoms with van der Waals surface area (Å²) in [4.78, 5) is 8.90. The first-order valence-electron chi connectivity index (χ1n) is 13.3. The number of halogens is 5. The molecule has 0 amide bonds. The van der Waals surface area contributed by atoms with Crippen molar-refractivity contribution in [3.63, 3.8) is 0 Å². The van der Waals surface area contributed by atoms with E-state index in [2.05, 4.69) is 33.0 Å². The van der Waals surface area contributed by atoms with Crippen LogP contribution in [-0.4, -0.2) is 69.4 Å². The van der Waals surface area contributed by atoms with Gasteiger partial charge >= 0.3 is 12.1 Å². The van der Waals surface area contributed by atoms with Gasteiger partial charge in [0, 0.05) is 13.1 Å². The zero-order valence-corrected chi connectivity index (χ0v) is 22.7. The third-order valence-corrected chi connectivity index (χ3v) is 6.73. The molecule has 0 saturated carbocycles. The average molecular weight is 592 g/mol. The summed E-state index contributed by atoms with van der Waals surface area (Å²) in [6.07, 6.45) is -0.0300. The Labute approximate surface area is 238 Å². The van der Waals surface area contributed by atoms with Crippen molar-refractivity contribution in [2.75, 3.05) is 26.2 Å². The van der Waals surface area contributed by atoms with Gasteiger partial charge in [0.25, 0.3) is 0 Å². The van der Waals surface area contributed by atoms with Crippen molar-refractivity contribution in [1.82, 2.24) is 25.4 Å². The van der Waals surface area contributed by atoms with Crippen LogP contribution in [0, 0.1) is 11.6 Å². The maximum absolute atomic E-state index is 15.3. The van der Waals surface area contributed by atoms with Crippen LogP contribution in [0.25, 0.3) is 33.9 Å². The van der Waals surface area contributed by atoms with Gasteiger partial charge in [-0.2, -0.15) is 13.2 Å². The molecule has 0 radical (unpaired) electrons. The molecule has 0 aliphatic carbocycles. The lowest BCUT2D eigenvalue weighted by Crippen LogP contribution is -2.21. The number of carboxylic acid groups (broad SMARTS) is 1. The maximum Gasteiger partial charge on any atom is 0.490 e. The Hall–Kier alpha value is -3.94. The van der Waals surface area contributed by atoms with Crippen LogP contribution >= 0.6 is 0 Å². The standard InChI is InChI=1S/C27H29F2N5O.C2HF3O2/c1-17(35)16-34-26(22-4-2-20(14-24(22)28)18-6-10-30-11-7-18)32-33-27(34)23-5-3-21(15-25(23)29)19-8-12-31-13-9-19;3-2(4,5)1(6)7/h2-6,8,14-15,17,30-31,35H,7,9-13,16H2,1H3;(H,6,7). The zero-order chi connectivity index (χ0) is 30.4. The normalized spacial score (nSPS) is 16.2. The minimum Gasteiger partial charge on any atom is -0.475 e. The minimum atomic E-state index is -5.08. The number of rotatable bonds is 6. The maximum atomic E-state index is 15.3. The van der Waals surface area contributed by atoms with E-state index in [1.807, 2.05) is 12.1 Å². The Morgan fingerprint density at radius 3 is 1.64 bits per heavy atom. The number of aliphatic hydroxyl groups is 1. The van der Waals surface area contributed by atoms with Gasteiger partial charge in [0.05, 0.1) is 23.8 Å². The predicted octanol–water partition coefficient (Wildman–Crippen LogP) is 4.66. The molecule has 3 heterocycles. The van der Waals surface area contributed by atoms with Gasteiger partial charge in [0.2, 0.25) is 0 Å². The first-order chi connectivity index (χ1) is 20.0. The van der Waals surface area contributed by atoms with Crippen molar-refractivity contribution in [3.8, 4) is 22.8 Å². The Morgan fingerprint density at radius 2 is 1.33 bits per heavy atom. The molecule has 2 aromatic carbocycles. The summed E-state index contributed by atoms with van der Waals surface area (Å²) in [5, 5.41) is 32.2. The summed E-state index contributed by atoms with van der Waals surface area (Å²) >= 11 is 0. The Morgan fingerprint density at radius 1 is 0.905 bits per heavy atom. The summed E-state index contributed by atoms with van der Waals surface area (Å²) < 4.78 is 63.9. The number of nitrogens with zero attached hydrogens (tertiary/aromatic N) is 3. The number of carboxylic acids is 1. The predicted molar refractivity (Wildman–Crippen MR) is 147 cm³/mol. The molecule has 3 aromatic rings. The summed E-state index contributed by atoms with van der Waals surface area (Å²) in [6.45, 7) is 4.99. The fraction of sp³-hybridized carbons (Fsp3) is 0.345. The molecule has 0 spiro atoms. The molecule has 0 fully saturated rings. The molecule has 1 unspecified atom stereocenters. The molecule has 8 nitrogen and oxygen atoms in total. The first kappa shape index (κ1) is 31.0. The number of aliphatic carboxylic acids is 1. The third-order valence-electron chi connectivity index (χ3n) is 6.73. The van der Waals surface area contributed by atoms with Crippen LogP contribution in [0.3, 0.4) is 0 Å². The monoisotopic (exact) mass is 591 g/mol. The van der Waals surface area contributed by atoms with Gasteiger partial charge in [-0.3, -0.25) is 0 Å². The van der Waals surface area contributed by atoms with Gasteiger partial charge in [0.1, 0.15) is 11.6 Å². The first-order valence-corrected chi connectivity index (χ1v) is 13.3. The lowest BCUT2D eigenvalue weighted by Gasteiger charge is -2.17. The second-order valence-electron chi connectivity index (χ2n) is 9.87. The molecular formula is C29H30F5N5O3. The Bertz CT molecular complexity index is 1400. The molecular weight excluding hydrogens is 561 g/mol. The van der Waals surface area contributed by atoms with Crippen LogP contribution in [0.4, 0.5) is 22.0 Å². The number of hydrogen-bond donors (Lipinski definition) is 4. The molecule has 5 rings (SSSR count). The topological polar surface area (TPSA) is 112 Å². The molecule has 2 aliphatic heterocycles. The number of aliphatic hydroxyl groups excluding tert-OH is 1. The van der Waals surface area contributed by atoms with Crippen molar-refractivity contribution in [1.29, 1.82) is 0 Å². The zero-order valence-electron chi connectivity index (χ0n) is 22.7. The van der Waals surface area contributed by atoms with Gasteiger partial charge in [0.15, 0.2) is 11.6 Å².